The van der Waals surface area contributed by atoms with E-state index in [2.05, 4.69) is 13.0 Å². The zero-order valence-corrected chi connectivity index (χ0v) is 16.5. The number of carbonyl (C=O) groups is 1. The predicted molar refractivity (Wildman–Crippen MR) is 99.8 cm³/mol. The molecule has 0 fully saturated rings. The van der Waals surface area contributed by atoms with Crippen molar-refractivity contribution >= 4 is 25.4 Å². The minimum atomic E-state index is -0.203. The monoisotopic (exact) mass is 384 g/mol. The van der Waals surface area contributed by atoms with Crippen molar-refractivity contribution in [2.45, 2.75) is 76.5 Å². The van der Waals surface area contributed by atoms with Gasteiger partial charge in [-0.15, -0.1) is 0 Å². The van der Waals surface area contributed by atoms with E-state index >= 15 is 0 Å². The summed E-state index contributed by atoms with van der Waals surface area (Å²) < 4.78 is 6.04. The van der Waals surface area contributed by atoms with E-state index in [1.807, 2.05) is 18.2 Å². The van der Waals surface area contributed by atoms with Crippen molar-refractivity contribution in [3.63, 3.8) is 0 Å². The number of methoxy groups -OCH3 is 1. The van der Waals surface area contributed by atoms with E-state index in [-0.39, 0.29) is 5.97 Å². The normalized spacial score (nSPS) is 10.7. The van der Waals surface area contributed by atoms with Crippen LogP contribution in [0.4, 0.5) is 0 Å². The first-order valence-corrected chi connectivity index (χ1v) is 11.2. The Hall–Kier alpha value is -0.791. The molecule has 0 atom stereocenters. The number of esters is 1. The van der Waals surface area contributed by atoms with Crippen LogP contribution in [-0.2, 0) is 4.74 Å². The van der Waals surface area contributed by atoms with E-state index in [0.29, 0.717) is 15.0 Å². The number of rotatable bonds is 13. The van der Waals surface area contributed by atoms with Crippen LogP contribution in [0, 0.1) is 0 Å². The van der Waals surface area contributed by atoms with Crippen LogP contribution in [0.2, 0.25) is 5.32 Å². The van der Waals surface area contributed by atoms with Crippen LogP contribution >= 0.6 is 0 Å². The number of hydrogen-bond acceptors (Lipinski definition) is 2. The molecule has 0 N–H and O–H groups in total. The molecule has 2 nitrogen and oxygen atoms in total. The molecule has 0 aliphatic rings. The summed E-state index contributed by atoms with van der Waals surface area (Å²) in [7, 11) is 1.45. The average Bonchev–Trinajstić information content (AvgIpc) is 2.59. The third-order valence-corrected chi connectivity index (χ3v) is 6.48. The molecule has 0 aliphatic carbocycles. The molecule has 0 unspecified atom stereocenters. The molecular weight excluding hydrogens is 351 g/mol. The van der Waals surface area contributed by atoms with Crippen LogP contribution < -0.4 is 4.46 Å². The van der Waals surface area contributed by atoms with Crippen molar-refractivity contribution in [2.24, 2.45) is 0 Å². The molecule has 0 heterocycles. The van der Waals surface area contributed by atoms with Gasteiger partial charge in [-0.2, -0.15) is 0 Å². The van der Waals surface area contributed by atoms with Crippen molar-refractivity contribution in [3.05, 3.63) is 29.8 Å². The average molecular weight is 383 g/mol. The number of ether oxygens (including phenoxy) is 1. The van der Waals surface area contributed by atoms with E-state index in [1.165, 1.54) is 81.1 Å². The third kappa shape index (κ3) is 9.17. The number of hydrogen-bond donors (Lipinski definition) is 0. The molecule has 0 amide bonds. The van der Waals surface area contributed by atoms with Crippen molar-refractivity contribution in [1.82, 2.24) is 0 Å². The van der Waals surface area contributed by atoms with Gasteiger partial charge in [0.25, 0.3) is 0 Å². The van der Waals surface area contributed by atoms with Gasteiger partial charge in [0.1, 0.15) is 0 Å². The summed E-state index contributed by atoms with van der Waals surface area (Å²) in [6, 6.07) is 7.87. The van der Waals surface area contributed by atoms with Crippen LogP contribution in [-0.4, -0.2) is 28.0 Å². The maximum absolute atomic E-state index is 11.7. The Labute approximate surface area is 148 Å². The van der Waals surface area contributed by atoms with Crippen LogP contribution in [0.15, 0.2) is 24.3 Å². The first kappa shape index (κ1) is 20.3. The Morgan fingerprint density at radius 2 is 1.48 bits per heavy atom. The standard InChI is InChI=1S/C20H32O2Se/c1-3-4-5-6-7-8-9-10-11-14-17-23-19-16-13-12-15-18(19)20(21)22-2/h12-13,15-16H,3-11,14,17H2,1-2H3. The molecule has 0 saturated heterocycles. The van der Waals surface area contributed by atoms with E-state index in [1.54, 1.807) is 0 Å². The Morgan fingerprint density at radius 3 is 2.09 bits per heavy atom. The zero-order chi connectivity index (χ0) is 16.8. The molecule has 0 spiro atoms. The van der Waals surface area contributed by atoms with Crippen LogP contribution in [0.3, 0.4) is 0 Å². The Kier molecular flexibility index (Phi) is 12.0. The first-order valence-electron chi connectivity index (χ1n) is 9.09. The van der Waals surface area contributed by atoms with Gasteiger partial charge >= 0.3 is 148 Å². The number of benzene rings is 1. The summed E-state index contributed by atoms with van der Waals surface area (Å²) in [4.78, 5) is 11.7. The van der Waals surface area contributed by atoms with E-state index in [9.17, 15) is 4.79 Å². The van der Waals surface area contributed by atoms with Gasteiger partial charge < -0.3 is 0 Å². The van der Waals surface area contributed by atoms with Crippen molar-refractivity contribution in [3.8, 4) is 0 Å². The topological polar surface area (TPSA) is 26.3 Å². The fourth-order valence-electron chi connectivity index (χ4n) is 2.64. The van der Waals surface area contributed by atoms with Crippen LogP contribution in [0.1, 0.15) is 81.5 Å². The van der Waals surface area contributed by atoms with Gasteiger partial charge in [0, 0.05) is 0 Å². The Balaban J connectivity index is 2.06. The molecule has 130 valence electrons. The van der Waals surface area contributed by atoms with Gasteiger partial charge in [-0.3, -0.25) is 0 Å². The van der Waals surface area contributed by atoms with Crippen molar-refractivity contribution in [2.75, 3.05) is 7.11 Å². The van der Waals surface area contributed by atoms with E-state index in [4.69, 9.17) is 4.74 Å². The molecule has 3 heteroatoms. The fraction of sp³-hybridized carbons (Fsp3) is 0.650. The summed E-state index contributed by atoms with van der Waals surface area (Å²) >= 11 is 0.380. The summed E-state index contributed by atoms with van der Waals surface area (Å²) in [6.07, 6.45) is 13.7. The van der Waals surface area contributed by atoms with Gasteiger partial charge in [-0.05, 0) is 0 Å². The Bertz CT molecular complexity index is 431. The van der Waals surface area contributed by atoms with Crippen LogP contribution in [0.5, 0.6) is 0 Å². The molecule has 0 aromatic heterocycles. The second kappa shape index (κ2) is 13.6. The minimum absolute atomic E-state index is 0.203. The summed E-state index contributed by atoms with van der Waals surface area (Å²) in [5.74, 6) is -0.203. The molecule has 1 aromatic carbocycles. The number of carbonyl (C=O) groups excluding carboxylic acids is 1. The maximum atomic E-state index is 11.7. The summed E-state index contributed by atoms with van der Waals surface area (Å²) in [6.45, 7) is 2.27. The van der Waals surface area contributed by atoms with Gasteiger partial charge in [-0.1, -0.05) is 0 Å². The molecular formula is C20H32O2Se. The van der Waals surface area contributed by atoms with E-state index in [0.717, 1.165) is 5.56 Å². The molecule has 0 saturated carbocycles. The van der Waals surface area contributed by atoms with Crippen molar-refractivity contribution in [1.29, 1.82) is 0 Å². The second-order valence-electron chi connectivity index (χ2n) is 6.02. The van der Waals surface area contributed by atoms with Gasteiger partial charge in [0.15, 0.2) is 0 Å². The molecule has 23 heavy (non-hydrogen) atoms. The molecule has 1 rings (SSSR count). The number of unbranched alkanes of at least 4 members (excludes halogenated alkanes) is 9. The summed E-state index contributed by atoms with van der Waals surface area (Å²) in [5, 5.41) is 1.22. The van der Waals surface area contributed by atoms with Crippen molar-refractivity contribution < 1.29 is 9.53 Å². The SMILES string of the molecule is CCCCCCCCCCCC[Se]c1ccccc1C(=O)OC. The first-order chi connectivity index (χ1) is 11.3. The summed E-state index contributed by atoms with van der Waals surface area (Å²) in [5.41, 5.74) is 0.752. The molecule has 0 aliphatic heterocycles. The van der Waals surface area contributed by atoms with E-state index < -0.39 is 0 Å². The second-order valence-corrected chi connectivity index (χ2v) is 8.40. The van der Waals surface area contributed by atoms with Gasteiger partial charge in [0.2, 0.25) is 0 Å². The Morgan fingerprint density at radius 1 is 0.913 bits per heavy atom. The molecule has 0 radical (unpaired) electrons. The quantitative estimate of drug-likeness (QED) is 0.268. The van der Waals surface area contributed by atoms with Gasteiger partial charge in [-0.25, -0.2) is 0 Å². The molecule has 0 bridgehead atoms. The predicted octanol–water partition coefficient (Wildman–Crippen LogP) is 5.14. The van der Waals surface area contributed by atoms with Gasteiger partial charge in [0.05, 0.1) is 0 Å². The third-order valence-electron chi connectivity index (χ3n) is 4.05. The zero-order valence-electron chi connectivity index (χ0n) is 14.8. The fourth-order valence-corrected chi connectivity index (χ4v) is 4.85. The molecule has 1 aromatic rings. The van der Waals surface area contributed by atoms with Crippen LogP contribution in [0.25, 0.3) is 0 Å².